The highest BCUT2D eigenvalue weighted by atomic mass is 16.5. The van der Waals surface area contributed by atoms with Gasteiger partial charge in [-0.2, -0.15) is 0 Å². The zero-order valence-corrected chi connectivity index (χ0v) is 14.7. The lowest BCUT2D eigenvalue weighted by Gasteiger charge is -2.39. The molecule has 2 saturated heterocycles. The van der Waals surface area contributed by atoms with Crippen LogP contribution in [-0.4, -0.2) is 35.2 Å². The van der Waals surface area contributed by atoms with E-state index in [1.807, 2.05) is 42.5 Å². The molecule has 0 radical (unpaired) electrons. The zero-order valence-electron chi connectivity index (χ0n) is 14.7. The molecule has 2 aliphatic heterocycles. The molecule has 2 aromatic rings. The Morgan fingerprint density at radius 3 is 2.44 bits per heavy atom. The summed E-state index contributed by atoms with van der Waals surface area (Å²) >= 11 is 0. The lowest BCUT2D eigenvalue weighted by atomic mass is 9.85. The number of benzene rings is 2. The van der Waals surface area contributed by atoms with Gasteiger partial charge in [-0.05, 0) is 67.9 Å². The Balaban J connectivity index is 1.29. The summed E-state index contributed by atoms with van der Waals surface area (Å²) in [6, 6.07) is 19.3. The van der Waals surface area contributed by atoms with Crippen molar-refractivity contribution in [1.82, 2.24) is 4.90 Å². The van der Waals surface area contributed by atoms with Gasteiger partial charge in [-0.25, -0.2) is 0 Å². The van der Waals surface area contributed by atoms with Crippen molar-refractivity contribution in [3.05, 3.63) is 60.2 Å². The molecule has 2 fully saturated rings. The van der Waals surface area contributed by atoms with Crippen LogP contribution in [0.25, 0.3) is 0 Å². The number of phenolic OH excluding ortho intramolecular Hbond substituents is 1. The molecular formula is C22H27NO2. The monoisotopic (exact) mass is 337 g/mol. The number of fused-ring (bicyclic) bond motifs is 2. The zero-order chi connectivity index (χ0) is 17.1. The molecule has 2 aliphatic rings. The summed E-state index contributed by atoms with van der Waals surface area (Å²) in [5, 5.41) is 9.76. The molecule has 0 amide bonds. The third kappa shape index (κ3) is 3.82. The van der Waals surface area contributed by atoms with Gasteiger partial charge in [0.1, 0.15) is 11.5 Å². The van der Waals surface area contributed by atoms with Crippen molar-refractivity contribution in [3.8, 4) is 11.5 Å². The summed E-state index contributed by atoms with van der Waals surface area (Å²) in [5.41, 5.74) is 1.31. The minimum absolute atomic E-state index is 0.394. The third-order valence-electron chi connectivity index (χ3n) is 5.80. The van der Waals surface area contributed by atoms with Gasteiger partial charge in [0.2, 0.25) is 0 Å². The second-order valence-corrected chi connectivity index (χ2v) is 7.40. The Morgan fingerprint density at radius 1 is 0.960 bits per heavy atom. The molecule has 2 aromatic carbocycles. The Labute approximate surface area is 150 Å². The van der Waals surface area contributed by atoms with Gasteiger partial charge in [0.05, 0.1) is 6.61 Å². The lowest BCUT2D eigenvalue weighted by Crippen LogP contribution is -2.43. The second-order valence-electron chi connectivity index (χ2n) is 7.40. The van der Waals surface area contributed by atoms with Crippen LogP contribution < -0.4 is 4.74 Å². The maximum absolute atomic E-state index is 9.76. The summed E-state index contributed by atoms with van der Waals surface area (Å²) < 4.78 is 5.84. The highest BCUT2D eigenvalue weighted by Crippen LogP contribution is 2.43. The topological polar surface area (TPSA) is 32.7 Å². The van der Waals surface area contributed by atoms with Crippen LogP contribution in [0.5, 0.6) is 11.5 Å². The number of aromatic hydroxyl groups is 1. The predicted molar refractivity (Wildman–Crippen MR) is 100 cm³/mol. The van der Waals surface area contributed by atoms with E-state index in [0.29, 0.717) is 23.8 Å². The van der Waals surface area contributed by atoms with E-state index in [0.717, 1.165) is 25.3 Å². The average molecular weight is 337 g/mol. The van der Waals surface area contributed by atoms with Gasteiger partial charge in [-0.3, -0.25) is 4.90 Å². The average Bonchev–Trinajstić information content (AvgIpc) is 2.87. The van der Waals surface area contributed by atoms with Gasteiger partial charge < -0.3 is 9.84 Å². The fourth-order valence-electron chi connectivity index (χ4n) is 4.64. The number of piperidine rings is 1. The fourth-order valence-corrected chi connectivity index (χ4v) is 4.64. The van der Waals surface area contributed by atoms with Gasteiger partial charge in [0.25, 0.3) is 0 Å². The number of phenols is 1. The van der Waals surface area contributed by atoms with Crippen LogP contribution in [-0.2, 0) is 0 Å². The number of ether oxygens (including phenoxy) is 1. The summed E-state index contributed by atoms with van der Waals surface area (Å²) in [6.45, 7) is 1.92. The van der Waals surface area contributed by atoms with Crippen molar-refractivity contribution in [3.63, 3.8) is 0 Å². The maximum Gasteiger partial charge on any atom is 0.119 e. The number of nitrogens with zero attached hydrogens (tertiary/aromatic N) is 1. The molecule has 0 aliphatic carbocycles. The first-order valence-electron chi connectivity index (χ1n) is 9.52. The van der Waals surface area contributed by atoms with E-state index < -0.39 is 0 Å². The largest absolute Gasteiger partial charge is 0.508 e. The van der Waals surface area contributed by atoms with E-state index in [-0.39, 0.29) is 0 Å². The van der Waals surface area contributed by atoms with Gasteiger partial charge in [-0.1, -0.05) is 30.3 Å². The molecule has 2 heterocycles. The molecule has 1 N–H and O–H groups in total. The molecule has 2 bridgehead atoms. The van der Waals surface area contributed by atoms with E-state index in [2.05, 4.69) is 11.0 Å². The smallest absolute Gasteiger partial charge is 0.119 e. The van der Waals surface area contributed by atoms with E-state index in [9.17, 15) is 5.11 Å². The van der Waals surface area contributed by atoms with Gasteiger partial charge >= 0.3 is 0 Å². The summed E-state index contributed by atoms with van der Waals surface area (Å²) in [4.78, 5) is 2.72. The molecule has 132 valence electrons. The van der Waals surface area contributed by atoms with Crippen molar-refractivity contribution < 1.29 is 9.84 Å². The molecule has 25 heavy (non-hydrogen) atoms. The highest BCUT2D eigenvalue weighted by Gasteiger charge is 2.40. The Kier molecular flexibility index (Phi) is 4.93. The van der Waals surface area contributed by atoms with Crippen LogP contribution in [0.1, 0.15) is 43.6 Å². The first kappa shape index (κ1) is 16.5. The Morgan fingerprint density at radius 2 is 1.72 bits per heavy atom. The normalized spacial score (nSPS) is 25.8. The number of hydrogen-bond donors (Lipinski definition) is 1. The Bertz CT molecular complexity index is 673. The standard InChI is InChI=1S/C22H27NO2/c24-21-7-4-6-17(16-21)18-14-19-10-11-20(15-18)23(19)12-5-13-25-22-8-2-1-3-9-22/h1-4,6-9,16,18-20,24H,5,10-15H2/t19-,20-/m1/s1. The van der Waals surface area contributed by atoms with Crippen LogP contribution in [0.15, 0.2) is 54.6 Å². The van der Waals surface area contributed by atoms with Crippen LogP contribution in [0.2, 0.25) is 0 Å². The van der Waals surface area contributed by atoms with Crippen molar-refractivity contribution in [2.24, 2.45) is 0 Å². The van der Waals surface area contributed by atoms with Crippen molar-refractivity contribution in [2.45, 2.75) is 50.1 Å². The minimum atomic E-state index is 0.394. The summed E-state index contributed by atoms with van der Waals surface area (Å²) in [7, 11) is 0. The number of hydrogen-bond acceptors (Lipinski definition) is 3. The molecule has 0 aromatic heterocycles. The van der Waals surface area contributed by atoms with Crippen molar-refractivity contribution >= 4 is 0 Å². The van der Waals surface area contributed by atoms with Crippen LogP contribution >= 0.6 is 0 Å². The summed E-state index contributed by atoms with van der Waals surface area (Å²) in [5.74, 6) is 1.96. The highest BCUT2D eigenvalue weighted by molar-refractivity contribution is 5.30. The maximum atomic E-state index is 9.76. The Hall–Kier alpha value is -2.00. The van der Waals surface area contributed by atoms with E-state index in [1.165, 1.54) is 31.2 Å². The van der Waals surface area contributed by atoms with Gasteiger partial charge in [0.15, 0.2) is 0 Å². The first-order valence-corrected chi connectivity index (χ1v) is 9.52. The SMILES string of the molecule is Oc1cccc(C2C[C@H]3CC[C@H](C2)N3CCCOc2ccccc2)c1. The number of rotatable bonds is 6. The van der Waals surface area contributed by atoms with Crippen LogP contribution in [0, 0.1) is 0 Å². The van der Waals surface area contributed by atoms with Gasteiger partial charge in [0, 0.05) is 18.6 Å². The molecule has 4 rings (SSSR count). The van der Waals surface area contributed by atoms with Crippen LogP contribution in [0.4, 0.5) is 0 Å². The van der Waals surface area contributed by atoms with Crippen molar-refractivity contribution in [2.75, 3.05) is 13.2 Å². The first-order chi connectivity index (χ1) is 12.3. The van der Waals surface area contributed by atoms with Gasteiger partial charge in [-0.15, -0.1) is 0 Å². The predicted octanol–water partition coefficient (Wildman–Crippen LogP) is 4.57. The third-order valence-corrected chi connectivity index (χ3v) is 5.80. The van der Waals surface area contributed by atoms with E-state index in [4.69, 9.17) is 4.74 Å². The molecule has 0 saturated carbocycles. The fraction of sp³-hybridized carbons (Fsp3) is 0.455. The molecule has 2 atom stereocenters. The molecule has 0 unspecified atom stereocenters. The van der Waals surface area contributed by atoms with Crippen LogP contribution in [0.3, 0.4) is 0 Å². The minimum Gasteiger partial charge on any atom is -0.508 e. The summed E-state index contributed by atoms with van der Waals surface area (Å²) in [6.07, 6.45) is 6.16. The quantitative estimate of drug-likeness (QED) is 0.784. The molecular weight excluding hydrogens is 310 g/mol. The molecule has 3 nitrogen and oxygen atoms in total. The van der Waals surface area contributed by atoms with Crippen molar-refractivity contribution in [1.29, 1.82) is 0 Å². The van der Waals surface area contributed by atoms with E-state index in [1.54, 1.807) is 6.07 Å². The van der Waals surface area contributed by atoms with E-state index >= 15 is 0 Å². The molecule has 0 spiro atoms. The number of para-hydroxylation sites is 1. The second kappa shape index (κ2) is 7.49. The lowest BCUT2D eigenvalue weighted by molar-refractivity contribution is 0.118. The molecule has 3 heteroatoms.